The molecule has 0 aliphatic rings. The van der Waals surface area contributed by atoms with Crippen molar-refractivity contribution in [1.29, 1.82) is 0 Å². The van der Waals surface area contributed by atoms with Gasteiger partial charge >= 0.3 is 6.02 Å². The Morgan fingerprint density at radius 1 is 1.05 bits per heavy atom. The minimum absolute atomic E-state index is 0.173. The molecule has 4 N–H and O–H groups in total. The summed E-state index contributed by atoms with van der Waals surface area (Å²) in [7, 11) is 0. The van der Waals surface area contributed by atoms with Gasteiger partial charge in [-0.25, -0.2) is 0 Å². The molecule has 0 heterocycles. The molecule has 0 saturated carbocycles. The maximum absolute atomic E-state index is 5.56. The van der Waals surface area contributed by atoms with Crippen molar-refractivity contribution in [3.63, 3.8) is 0 Å². The predicted molar refractivity (Wildman–Crippen MR) is 83.3 cm³/mol. The molecule has 20 heavy (non-hydrogen) atoms. The van der Waals surface area contributed by atoms with Crippen LogP contribution >= 0.6 is 11.9 Å². The van der Waals surface area contributed by atoms with Crippen molar-refractivity contribution in [1.82, 2.24) is 0 Å². The molecule has 2 rings (SSSR count). The molecule has 0 aliphatic heterocycles. The van der Waals surface area contributed by atoms with Crippen LogP contribution in [0.5, 0.6) is 5.75 Å². The number of amidine groups is 1. The third kappa shape index (κ3) is 4.11. The molecule has 0 atom stereocenters. The Kier molecular flexibility index (Phi) is 5.16. The van der Waals surface area contributed by atoms with E-state index in [2.05, 4.69) is 9.98 Å². The zero-order chi connectivity index (χ0) is 14.2. The first-order valence-corrected chi connectivity index (χ1v) is 6.72. The molecule has 0 bridgehead atoms. The van der Waals surface area contributed by atoms with Crippen LogP contribution in [0.2, 0.25) is 0 Å². The van der Waals surface area contributed by atoms with Crippen molar-refractivity contribution in [2.24, 2.45) is 20.9 Å². The van der Waals surface area contributed by atoms with Crippen LogP contribution in [-0.2, 0) is 0 Å². The summed E-state index contributed by atoms with van der Waals surface area (Å²) >= 11 is 1.18. The Hall–Kier alpha value is -2.31. The molecule has 0 saturated heterocycles. The lowest BCUT2D eigenvalue weighted by Gasteiger charge is -2.04. The third-order valence-electron chi connectivity index (χ3n) is 2.33. The number of para-hydroxylation sites is 1. The average Bonchev–Trinajstić information content (AvgIpc) is 2.49. The van der Waals surface area contributed by atoms with Crippen LogP contribution in [0.3, 0.4) is 0 Å². The number of aliphatic imine (C=N–C) groups is 2. The normalized spacial score (nSPS) is 11.8. The van der Waals surface area contributed by atoms with Gasteiger partial charge in [0, 0.05) is 4.90 Å². The molecule has 0 spiro atoms. The number of rotatable bonds is 3. The SMILES string of the molecule is N/C=N/C(=Nc1ccc(SN)cc1)Oc1ccccc1. The summed E-state index contributed by atoms with van der Waals surface area (Å²) in [6.07, 6.45) is 1.14. The molecule has 0 amide bonds. The van der Waals surface area contributed by atoms with E-state index in [0.29, 0.717) is 11.4 Å². The lowest BCUT2D eigenvalue weighted by Crippen LogP contribution is -2.07. The number of hydrogen-bond donors (Lipinski definition) is 2. The van der Waals surface area contributed by atoms with E-state index in [1.165, 1.54) is 11.9 Å². The highest BCUT2D eigenvalue weighted by molar-refractivity contribution is 7.97. The number of hydrogen-bond acceptors (Lipinski definition) is 4. The van der Waals surface area contributed by atoms with Crippen LogP contribution < -0.4 is 15.6 Å². The lowest BCUT2D eigenvalue weighted by molar-refractivity contribution is 0.543. The van der Waals surface area contributed by atoms with E-state index in [9.17, 15) is 0 Å². The summed E-state index contributed by atoms with van der Waals surface area (Å²) in [5, 5.41) is 5.47. The largest absolute Gasteiger partial charge is 0.424 e. The van der Waals surface area contributed by atoms with Crippen molar-refractivity contribution in [2.45, 2.75) is 4.90 Å². The number of nitrogens with two attached hydrogens (primary N) is 2. The Balaban J connectivity index is 2.20. The van der Waals surface area contributed by atoms with Crippen molar-refractivity contribution in [2.75, 3.05) is 0 Å². The second-order valence-corrected chi connectivity index (χ2v) is 4.41. The van der Waals surface area contributed by atoms with Crippen LogP contribution in [0, 0.1) is 0 Å². The third-order valence-corrected chi connectivity index (χ3v) is 2.88. The van der Waals surface area contributed by atoms with Gasteiger partial charge in [0.1, 0.15) is 5.75 Å². The molecule has 2 aromatic rings. The van der Waals surface area contributed by atoms with E-state index < -0.39 is 0 Å². The molecule has 0 aromatic heterocycles. The van der Waals surface area contributed by atoms with Crippen molar-refractivity contribution in [3.05, 3.63) is 54.6 Å². The van der Waals surface area contributed by atoms with Gasteiger partial charge in [-0.1, -0.05) is 18.2 Å². The van der Waals surface area contributed by atoms with E-state index in [1.807, 2.05) is 54.6 Å². The average molecular weight is 286 g/mol. The number of benzene rings is 2. The van der Waals surface area contributed by atoms with Gasteiger partial charge in [-0.2, -0.15) is 9.98 Å². The highest BCUT2D eigenvalue weighted by Crippen LogP contribution is 2.19. The molecule has 5 nitrogen and oxygen atoms in total. The summed E-state index contributed by atoms with van der Waals surface area (Å²) in [5.41, 5.74) is 6.02. The van der Waals surface area contributed by atoms with E-state index in [-0.39, 0.29) is 6.02 Å². The second kappa shape index (κ2) is 7.32. The summed E-state index contributed by atoms with van der Waals surface area (Å²) in [5.74, 6) is 0.644. The molecule has 0 fully saturated rings. The highest BCUT2D eigenvalue weighted by atomic mass is 32.2. The highest BCUT2D eigenvalue weighted by Gasteiger charge is 2.01. The second-order valence-electron chi connectivity index (χ2n) is 3.70. The quantitative estimate of drug-likeness (QED) is 0.516. The summed E-state index contributed by atoms with van der Waals surface area (Å²) in [4.78, 5) is 9.15. The van der Waals surface area contributed by atoms with Crippen LogP contribution in [0.4, 0.5) is 5.69 Å². The van der Waals surface area contributed by atoms with Gasteiger partial charge in [0.05, 0.1) is 12.0 Å². The molecule has 102 valence electrons. The summed E-state index contributed by atoms with van der Waals surface area (Å²) in [6, 6.07) is 16.8. The topological polar surface area (TPSA) is 86.0 Å². The smallest absolute Gasteiger partial charge is 0.323 e. The monoisotopic (exact) mass is 286 g/mol. The Morgan fingerprint density at radius 2 is 1.75 bits per heavy atom. The number of ether oxygens (including phenoxy) is 1. The summed E-state index contributed by atoms with van der Waals surface area (Å²) < 4.78 is 5.56. The van der Waals surface area contributed by atoms with Crippen molar-refractivity contribution < 1.29 is 4.74 Å². The van der Waals surface area contributed by atoms with E-state index in [4.69, 9.17) is 15.6 Å². The maximum atomic E-state index is 5.56. The first-order chi connectivity index (χ1) is 9.81. The lowest BCUT2D eigenvalue weighted by atomic mass is 10.3. The van der Waals surface area contributed by atoms with Gasteiger partial charge in [-0.15, -0.1) is 0 Å². The van der Waals surface area contributed by atoms with E-state index in [0.717, 1.165) is 11.2 Å². The van der Waals surface area contributed by atoms with Gasteiger partial charge in [0.2, 0.25) is 0 Å². The standard InChI is InChI=1S/C14H14N4OS/c15-10-17-14(19-12-4-2-1-3-5-12)18-11-6-8-13(20-16)9-7-11/h1-10H,16H2,(H2,15,17,18). The zero-order valence-electron chi connectivity index (χ0n) is 10.6. The first-order valence-electron chi connectivity index (χ1n) is 5.84. The molecular formula is C14H14N4OS. The molecule has 2 aromatic carbocycles. The van der Waals surface area contributed by atoms with Crippen LogP contribution in [0.1, 0.15) is 0 Å². The van der Waals surface area contributed by atoms with Gasteiger partial charge in [-0.05, 0) is 48.3 Å². The molecule has 6 heteroatoms. The van der Waals surface area contributed by atoms with Gasteiger partial charge in [0.25, 0.3) is 0 Å². The molecule has 0 aliphatic carbocycles. The fourth-order valence-electron chi connectivity index (χ4n) is 1.45. The van der Waals surface area contributed by atoms with Gasteiger partial charge in [-0.3, -0.25) is 5.14 Å². The minimum Gasteiger partial charge on any atom is -0.424 e. The van der Waals surface area contributed by atoms with E-state index >= 15 is 0 Å². The Morgan fingerprint density at radius 3 is 2.35 bits per heavy atom. The van der Waals surface area contributed by atoms with Gasteiger partial charge in [0.15, 0.2) is 0 Å². The predicted octanol–water partition coefficient (Wildman–Crippen LogP) is 2.71. The van der Waals surface area contributed by atoms with Crippen LogP contribution in [0.15, 0.2) is 69.5 Å². The number of nitrogens with zero attached hydrogens (tertiary/aromatic N) is 2. The fourth-order valence-corrected chi connectivity index (χ4v) is 1.74. The Bertz CT molecular complexity index is 596. The fraction of sp³-hybridized carbons (Fsp3) is 0. The van der Waals surface area contributed by atoms with Crippen LogP contribution in [0.25, 0.3) is 0 Å². The maximum Gasteiger partial charge on any atom is 0.323 e. The van der Waals surface area contributed by atoms with Crippen LogP contribution in [-0.4, -0.2) is 12.4 Å². The van der Waals surface area contributed by atoms with E-state index in [1.54, 1.807) is 0 Å². The summed E-state index contributed by atoms with van der Waals surface area (Å²) in [6.45, 7) is 0. The molecular weight excluding hydrogens is 272 g/mol. The van der Waals surface area contributed by atoms with Crippen molar-refractivity contribution >= 4 is 30.0 Å². The van der Waals surface area contributed by atoms with Gasteiger partial charge < -0.3 is 10.5 Å². The zero-order valence-corrected chi connectivity index (χ0v) is 11.5. The molecule has 0 radical (unpaired) electrons. The molecule has 0 unspecified atom stereocenters. The first kappa shape index (κ1) is 14.1. The van der Waals surface area contributed by atoms with Crippen molar-refractivity contribution in [3.8, 4) is 5.75 Å². The minimum atomic E-state index is 0.173. The Labute approximate surface area is 121 Å².